The molecule has 0 amide bonds. The highest BCUT2D eigenvalue weighted by molar-refractivity contribution is 14.1. The molecule has 0 aliphatic rings. The van der Waals surface area contributed by atoms with Crippen LogP contribution >= 0.6 is 22.6 Å². The molecular weight excluding hydrogens is 291 g/mol. The molecule has 1 aromatic rings. The van der Waals surface area contributed by atoms with Crippen LogP contribution in [0.3, 0.4) is 0 Å². The molecule has 0 heterocycles. The predicted octanol–water partition coefficient (Wildman–Crippen LogP) is 1.34. The van der Waals surface area contributed by atoms with Crippen LogP contribution in [0.15, 0.2) is 24.3 Å². The van der Waals surface area contributed by atoms with Crippen LogP contribution in [0, 0.1) is 10.2 Å². The summed E-state index contributed by atoms with van der Waals surface area (Å²) >= 11 is 2.16. The second kappa shape index (κ2) is 4.78. The van der Waals surface area contributed by atoms with Gasteiger partial charge >= 0.3 is 0 Å². The Morgan fingerprint density at radius 2 is 1.83 bits per heavy atom. The van der Waals surface area contributed by atoms with Gasteiger partial charge in [0.1, 0.15) is 6.61 Å². The molecule has 5 heteroatoms. The fourth-order valence-corrected chi connectivity index (χ4v) is 1.21. The lowest BCUT2D eigenvalue weighted by molar-refractivity contribution is 0.429. The normalized spacial score (nSPS) is 10.5. The van der Waals surface area contributed by atoms with Crippen molar-refractivity contribution in [3.05, 3.63) is 40.0 Å². The first-order chi connectivity index (χ1) is 5.68. The summed E-state index contributed by atoms with van der Waals surface area (Å²) in [6.07, 6.45) is 0. The molecule has 0 aromatic heterocycles. The first-order valence-electron chi connectivity index (χ1n) is 3.08. The van der Waals surface area contributed by atoms with Crippen molar-refractivity contribution in [1.82, 2.24) is 0 Å². The van der Waals surface area contributed by atoms with E-state index < -0.39 is 11.0 Å². The number of hydrogen-bond donors (Lipinski definition) is 1. The van der Waals surface area contributed by atoms with Crippen molar-refractivity contribution in [1.29, 1.82) is 0 Å². The molecular formula is C7H6IO3S. The monoisotopic (exact) mass is 297 g/mol. The maximum Gasteiger partial charge on any atom is 0.257 e. The minimum absolute atomic E-state index is 0.731. The lowest BCUT2D eigenvalue weighted by Gasteiger charge is -1.96. The Kier molecular flexibility index (Phi) is 3.96. The standard InChI is InChI=1S/C7H6IO3S/c8-7-3-1-6(2-4-7)5-11-12(9)10/h1-5,12H. The average molecular weight is 297 g/mol. The van der Waals surface area contributed by atoms with Crippen LogP contribution in [-0.2, 0) is 15.2 Å². The highest BCUT2D eigenvalue weighted by Crippen LogP contribution is 2.08. The first-order valence-corrected chi connectivity index (χ1v) is 5.26. The molecule has 65 valence electrons. The molecule has 0 fully saturated rings. The van der Waals surface area contributed by atoms with E-state index in [0.717, 1.165) is 9.13 Å². The molecule has 0 N–H and O–H groups in total. The highest BCUT2D eigenvalue weighted by Gasteiger charge is 1.94. The van der Waals surface area contributed by atoms with Crippen molar-refractivity contribution in [3.8, 4) is 0 Å². The van der Waals surface area contributed by atoms with Crippen LogP contribution in [0.1, 0.15) is 5.56 Å². The van der Waals surface area contributed by atoms with Gasteiger partial charge in [0.2, 0.25) is 0 Å². The van der Waals surface area contributed by atoms with Crippen molar-refractivity contribution in [2.45, 2.75) is 0 Å². The van der Waals surface area contributed by atoms with Crippen LogP contribution < -0.4 is 0 Å². The summed E-state index contributed by atoms with van der Waals surface area (Å²) in [5, 5.41) is 0. The van der Waals surface area contributed by atoms with E-state index in [1.165, 1.54) is 6.61 Å². The molecule has 0 saturated heterocycles. The fraction of sp³-hybridized carbons (Fsp3) is 0. The molecule has 0 aliphatic heterocycles. The largest absolute Gasteiger partial charge is 0.261 e. The van der Waals surface area contributed by atoms with Crippen LogP contribution in [0.5, 0.6) is 0 Å². The minimum atomic E-state index is -2.79. The van der Waals surface area contributed by atoms with Crippen molar-refractivity contribution in [2.24, 2.45) is 0 Å². The van der Waals surface area contributed by atoms with E-state index in [9.17, 15) is 8.42 Å². The van der Waals surface area contributed by atoms with Crippen LogP contribution in [0.4, 0.5) is 0 Å². The van der Waals surface area contributed by atoms with Crippen molar-refractivity contribution >= 4 is 33.6 Å². The van der Waals surface area contributed by atoms with Gasteiger partial charge in [0.25, 0.3) is 11.0 Å². The zero-order chi connectivity index (χ0) is 8.97. The molecule has 1 radical (unpaired) electrons. The zero-order valence-corrected chi connectivity index (χ0v) is 8.99. The Bertz CT molecular complexity index is 310. The van der Waals surface area contributed by atoms with E-state index in [1.807, 2.05) is 12.1 Å². The van der Waals surface area contributed by atoms with E-state index in [4.69, 9.17) is 0 Å². The Morgan fingerprint density at radius 1 is 1.25 bits per heavy atom. The van der Waals surface area contributed by atoms with Gasteiger partial charge in [-0.25, -0.2) is 8.42 Å². The quantitative estimate of drug-likeness (QED) is 0.676. The number of benzene rings is 1. The molecule has 0 saturated carbocycles. The van der Waals surface area contributed by atoms with Gasteiger partial charge in [-0.2, -0.15) is 0 Å². The van der Waals surface area contributed by atoms with Gasteiger partial charge in [-0.05, 0) is 40.3 Å². The van der Waals surface area contributed by atoms with Crippen molar-refractivity contribution in [2.75, 3.05) is 0 Å². The second-order valence-corrected chi connectivity index (χ2v) is 3.90. The van der Waals surface area contributed by atoms with Crippen molar-refractivity contribution in [3.63, 3.8) is 0 Å². The topological polar surface area (TPSA) is 43.4 Å². The van der Waals surface area contributed by atoms with Crippen LogP contribution in [-0.4, -0.2) is 8.42 Å². The third-order valence-corrected chi connectivity index (χ3v) is 2.14. The Balaban J connectivity index is 2.59. The van der Waals surface area contributed by atoms with E-state index >= 15 is 0 Å². The van der Waals surface area contributed by atoms with Gasteiger partial charge in [-0.1, -0.05) is 12.1 Å². The molecule has 0 unspecified atom stereocenters. The summed E-state index contributed by atoms with van der Waals surface area (Å²) in [6.45, 7) is 1.20. The summed E-state index contributed by atoms with van der Waals surface area (Å²) in [6, 6.07) is 7.29. The number of hydrogen-bond acceptors (Lipinski definition) is 3. The van der Waals surface area contributed by atoms with E-state index in [0.29, 0.717) is 0 Å². The van der Waals surface area contributed by atoms with Gasteiger partial charge in [0, 0.05) is 3.57 Å². The maximum absolute atomic E-state index is 10.0. The second-order valence-electron chi connectivity index (χ2n) is 2.00. The Labute approximate surface area is 86.0 Å². The molecule has 3 nitrogen and oxygen atoms in total. The molecule has 0 bridgehead atoms. The van der Waals surface area contributed by atoms with Gasteiger partial charge in [0.15, 0.2) is 0 Å². The molecule has 12 heavy (non-hydrogen) atoms. The predicted molar refractivity (Wildman–Crippen MR) is 54.0 cm³/mol. The lowest BCUT2D eigenvalue weighted by atomic mass is 10.2. The van der Waals surface area contributed by atoms with Crippen LogP contribution in [0.25, 0.3) is 0 Å². The number of rotatable bonds is 3. The smallest absolute Gasteiger partial charge is 0.257 e. The molecule has 0 atom stereocenters. The Hall–Kier alpha value is -0.140. The van der Waals surface area contributed by atoms with Crippen molar-refractivity contribution < 1.29 is 12.6 Å². The van der Waals surface area contributed by atoms with Gasteiger partial charge in [-0.3, -0.25) is 4.18 Å². The first kappa shape index (κ1) is 9.94. The van der Waals surface area contributed by atoms with E-state index in [2.05, 4.69) is 26.8 Å². The average Bonchev–Trinajstić information content (AvgIpc) is 2.03. The lowest BCUT2D eigenvalue weighted by Crippen LogP contribution is -1.87. The van der Waals surface area contributed by atoms with Gasteiger partial charge in [-0.15, -0.1) is 0 Å². The number of thiol groups is 1. The molecule has 1 aromatic carbocycles. The molecule has 0 aliphatic carbocycles. The number of halogens is 1. The summed E-state index contributed by atoms with van der Waals surface area (Å²) < 4.78 is 25.4. The summed E-state index contributed by atoms with van der Waals surface area (Å²) in [5.41, 5.74) is 0.731. The summed E-state index contributed by atoms with van der Waals surface area (Å²) in [7, 11) is -2.79. The zero-order valence-electron chi connectivity index (χ0n) is 5.94. The third kappa shape index (κ3) is 3.51. The maximum atomic E-state index is 10.0. The third-order valence-electron chi connectivity index (χ3n) is 1.14. The molecule has 0 spiro atoms. The highest BCUT2D eigenvalue weighted by atomic mass is 127. The minimum Gasteiger partial charge on any atom is -0.261 e. The van der Waals surface area contributed by atoms with Crippen LogP contribution in [0.2, 0.25) is 0 Å². The van der Waals surface area contributed by atoms with Gasteiger partial charge < -0.3 is 0 Å². The Morgan fingerprint density at radius 3 is 2.33 bits per heavy atom. The fourth-order valence-electron chi connectivity index (χ4n) is 0.645. The summed E-state index contributed by atoms with van der Waals surface area (Å²) in [5.74, 6) is 0. The summed E-state index contributed by atoms with van der Waals surface area (Å²) in [4.78, 5) is 0. The SMILES string of the molecule is O=[SH](=O)O[CH]c1ccc(I)cc1. The van der Waals surface area contributed by atoms with E-state index in [-0.39, 0.29) is 0 Å². The molecule has 1 rings (SSSR count). The van der Waals surface area contributed by atoms with E-state index in [1.54, 1.807) is 12.1 Å². The van der Waals surface area contributed by atoms with Gasteiger partial charge in [0.05, 0.1) is 0 Å².